The molecule has 0 spiro atoms. The van der Waals surface area contributed by atoms with Crippen LogP contribution in [0.4, 0.5) is 11.4 Å². The van der Waals surface area contributed by atoms with E-state index in [2.05, 4.69) is 198 Å². The Morgan fingerprint density at radius 1 is 0.491 bits per heavy atom. The average molecular weight is 705 g/mol. The summed E-state index contributed by atoms with van der Waals surface area (Å²) in [7, 11) is 0. The Hall–Kier alpha value is -7.10. The predicted octanol–water partition coefficient (Wildman–Crippen LogP) is 14.4. The zero-order chi connectivity index (χ0) is 36.3. The number of aromatic nitrogens is 1. The number of benzene rings is 8. The Morgan fingerprint density at radius 3 is 1.95 bits per heavy atom. The molecule has 1 aliphatic carbocycles. The van der Waals surface area contributed by atoms with Crippen LogP contribution >= 0.6 is 0 Å². The predicted molar refractivity (Wildman–Crippen MR) is 231 cm³/mol. The molecular weight excluding hydrogens is 669 g/mol. The molecule has 8 aromatic carbocycles. The highest BCUT2D eigenvalue weighted by molar-refractivity contribution is 6.10. The summed E-state index contributed by atoms with van der Waals surface area (Å²) < 4.78 is 9.02. The molecule has 0 unspecified atom stereocenters. The standard InChI is InChI=1S/C52H36N2O/c1-2-15-37-34-39(33-28-35(37)14-1)53(48-24-9-6-19-43(48)45-21-13-22-46-44-20-7-12-27-51(44)55-52(45)46)38-31-29-36(30-32-38)40-16-3-8-23-47(40)54-49-25-10-4-17-41(49)42-18-5-11-26-50(42)54/h1-8,10-23,25-34H,9,24H2. The van der Waals surface area contributed by atoms with E-state index in [1.165, 1.54) is 60.7 Å². The Balaban J connectivity index is 1.09. The minimum absolute atomic E-state index is 0.896. The molecule has 260 valence electrons. The highest BCUT2D eigenvalue weighted by Gasteiger charge is 2.24. The number of hydrogen-bond acceptors (Lipinski definition) is 2. The quantitative estimate of drug-likeness (QED) is 0.172. The molecule has 0 saturated heterocycles. The highest BCUT2D eigenvalue weighted by atomic mass is 16.3. The normalized spacial score (nSPS) is 13.2. The molecule has 10 aromatic rings. The van der Waals surface area contributed by atoms with Gasteiger partial charge in [-0.25, -0.2) is 0 Å². The van der Waals surface area contributed by atoms with Crippen LogP contribution in [0.15, 0.2) is 204 Å². The van der Waals surface area contributed by atoms with Crippen LogP contribution in [0.5, 0.6) is 0 Å². The van der Waals surface area contributed by atoms with Crippen LogP contribution < -0.4 is 4.90 Å². The van der Waals surface area contributed by atoms with Gasteiger partial charge in [-0.1, -0.05) is 146 Å². The first-order valence-corrected chi connectivity index (χ1v) is 19.1. The maximum absolute atomic E-state index is 6.61. The maximum atomic E-state index is 6.61. The fourth-order valence-electron chi connectivity index (χ4n) is 8.75. The lowest BCUT2D eigenvalue weighted by Gasteiger charge is -2.32. The van der Waals surface area contributed by atoms with Crippen LogP contribution in [-0.2, 0) is 0 Å². The SMILES string of the molecule is C1=CC(c2cccc3c2oc2ccccc23)=C(N(c2ccc(-c3ccccc3-n3c4ccccc4c4ccccc43)cc2)c2ccc3ccccc3c2)CC1. The van der Waals surface area contributed by atoms with Crippen molar-refractivity contribution in [3.05, 3.63) is 205 Å². The Morgan fingerprint density at radius 2 is 1.13 bits per heavy atom. The summed E-state index contributed by atoms with van der Waals surface area (Å²) >= 11 is 0. The van der Waals surface area contributed by atoms with Crippen LogP contribution in [0.1, 0.15) is 18.4 Å². The number of nitrogens with zero attached hydrogens (tertiary/aromatic N) is 2. The zero-order valence-electron chi connectivity index (χ0n) is 30.2. The second-order valence-corrected chi connectivity index (χ2v) is 14.4. The second kappa shape index (κ2) is 12.8. The number of fused-ring (bicyclic) bond motifs is 7. The van der Waals surface area contributed by atoms with Gasteiger partial charge in [-0.15, -0.1) is 0 Å². The minimum Gasteiger partial charge on any atom is -0.455 e. The van der Waals surface area contributed by atoms with Gasteiger partial charge in [-0.3, -0.25) is 0 Å². The van der Waals surface area contributed by atoms with E-state index in [4.69, 9.17) is 4.42 Å². The van der Waals surface area contributed by atoms with Gasteiger partial charge < -0.3 is 13.9 Å². The van der Waals surface area contributed by atoms with Crippen LogP contribution in [0, 0.1) is 0 Å². The number of furan rings is 1. The molecule has 55 heavy (non-hydrogen) atoms. The van der Waals surface area contributed by atoms with Crippen LogP contribution in [0.2, 0.25) is 0 Å². The van der Waals surface area contributed by atoms with Gasteiger partial charge in [-0.05, 0) is 77.7 Å². The van der Waals surface area contributed by atoms with Gasteiger partial charge in [0.1, 0.15) is 11.2 Å². The molecule has 3 heteroatoms. The Bertz CT molecular complexity index is 3100. The van der Waals surface area contributed by atoms with Crippen LogP contribution in [-0.4, -0.2) is 4.57 Å². The van der Waals surface area contributed by atoms with Crippen molar-refractivity contribution >= 4 is 71.5 Å². The summed E-state index contributed by atoms with van der Waals surface area (Å²) in [5, 5.41) is 7.26. The molecule has 0 atom stereocenters. The van der Waals surface area contributed by atoms with Gasteiger partial charge in [0.05, 0.1) is 16.7 Å². The summed E-state index contributed by atoms with van der Waals surface area (Å²) in [6.45, 7) is 0. The van der Waals surface area contributed by atoms with E-state index in [0.29, 0.717) is 0 Å². The largest absolute Gasteiger partial charge is 0.455 e. The average Bonchev–Trinajstić information content (AvgIpc) is 3.80. The van der Waals surface area contributed by atoms with E-state index >= 15 is 0 Å². The lowest BCUT2D eigenvalue weighted by atomic mass is 9.93. The van der Waals surface area contributed by atoms with Crippen molar-refractivity contribution < 1.29 is 4.42 Å². The third kappa shape index (κ3) is 5.12. The Kier molecular flexibility index (Phi) is 7.31. The van der Waals surface area contributed by atoms with Crippen molar-refractivity contribution in [1.82, 2.24) is 4.57 Å². The molecule has 3 nitrogen and oxygen atoms in total. The summed E-state index contributed by atoms with van der Waals surface area (Å²) in [6, 6.07) is 65.7. The van der Waals surface area contributed by atoms with Crippen molar-refractivity contribution in [3.63, 3.8) is 0 Å². The van der Waals surface area contributed by atoms with E-state index in [-0.39, 0.29) is 0 Å². The lowest BCUT2D eigenvalue weighted by molar-refractivity contribution is 0.667. The van der Waals surface area contributed by atoms with E-state index in [9.17, 15) is 0 Å². The first-order chi connectivity index (χ1) is 27.3. The van der Waals surface area contributed by atoms with Gasteiger partial charge in [-0.2, -0.15) is 0 Å². The number of para-hydroxylation sites is 5. The monoisotopic (exact) mass is 704 g/mol. The molecule has 2 heterocycles. The van der Waals surface area contributed by atoms with Gasteiger partial charge >= 0.3 is 0 Å². The minimum atomic E-state index is 0.896. The van der Waals surface area contributed by atoms with Gasteiger partial charge in [0, 0.05) is 55.3 Å². The third-order valence-corrected chi connectivity index (χ3v) is 11.3. The number of rotatable bonds is 6. The fourth-order valence-corrected chi connectivity index (χ4v) is 8.75. The van der Waals surface area contributed by atoms with Crippen molar-refractivity contribution in [1.29, 1.82) is 0 Å². The zero-order valence-corrected chi connectivity index (χ0v) is 30.2. The molecule has 0 radical (unpaired) electrons. The first kappa shape index (κ1) is 31.4. The van der Waals surface area contributed by atoms with Gasteiger partial charge in [0.2, 0.25) is 0 Å². The molecule has 0 saturated carbocycles. The van der Waals surface area contributed by atoms with E-state index in [0.717, 1.165) is 51.7 Å². The molecule has 0 N–H and O–H groups in total. The fraction of sp³-hybridized carbons (Fsp3) is 0.0385. The van der Waals surface area contributed by atoms with Crippen molar-refractivity contribution in [2.24, 2.45) is 0 Å². The maximum Gasteiger partial charge on any atom is 0.143 e. The highest BCUT2D eigenvalue weighted by Crippen LogP contribution is 2.43. The number of hydrogen-bond donors (Lipinski definition) is 0. The first-order valence-electron chi connectivity index (χ1n) is 19.1. The topological polar surface area (TPSA) is 21.3 Å². The summed E-state index contributed by atoms with van der Waals surface area (Å²) in [5.74, 6) is 0. The Labute approximate surface area is 319 Å². The molecule has 0 aliphatic heterocycles. The molecular formula is C52H36N2O. The van der Waals surface area contributed by atoms with Crippen molar-refractivity contribution in [2.75, 3.05) is 4.90 Å². The van der Waals surface area contributed by atoms with E-state index < -0.39 is 0 Å². The van der Waals surface area contributed by atoms with Crippen LogP contribution in [0.3, 0.4) is 0 Å². The van der Waals surface area contributed by atoms with Crippen LogP contribution in [0.25, 0.3) is 76.9 Å². The molecule has 0 amide bonds. The second-order valence-electron chi connectivity index (χ2n) is 14.4. The molecule has 2 aromatic heterocycles. The summed E-state index contributed by atoms with van der Waals surface area (Å²) in [4.78, 5) is 2.47. The smallest absolute Gasteiger partial charge is 0.143 e. The van der Waals surface area contributed by atoms with Gasteiger partial charge in [0.15, 0.2) is 0 Å². The van der Waals surface area contributed by atoms with E-state index in [1.807, 2.05) is 6.07 Å². The van der Waals surface area contributed by atoms with Gasteiger partial charge in [0.25, 0.3) is 0 Å². The number of anilines is 2. The lowest BCUT2D eigenvalue weighted by Crippen LogP contribution is -2.19. The van der Waals surface area contributed by atoms with Crippen molar-refractivity contribution in [3.8, 4) is 16.8 Å². The van der Waals surface area contributed by atoms with E-state index in [1.54, 1.807) is 0 Å². The molecule has 1 aliphatic rings. The molecule has 0 bridgehead atoms. The summed E-state index contributed by atoms with van der Waals surface area (Å²) in [5.41, 5.74) is 13.6. The number of allylic oxidation sites excluding steroid dienone is 4. The molecule has 0 fully saturated rings. The summed E-state index contributed by atoms with van der Waals surface area (Å²) in [6.07, 6.45) is 6.45. The third-order valence-electron chi connectivity index (χ3n) is 11.3. The molecule has 11 rings (SSSR count). The van der Waals surface area contributed by atoms with Crippen molar-refractivity contribution in [2.45, 2.75) is 12.8 Å².